The average Bonchev–Trinajstić information content (AvgIpc) is 2.93. The van der Waals surface area contributed by atoms with Crippen molar-refractivity contribution in [3.63, 3.8) is 0 Å². The van der Waals surface area contributed by atoms with Crippen molar-refractivity contribution in [3.8, 4) is 16.9 Å². The first-order valence-electron chi connectivity index (χ1n) is 13.1. The molecule has 1 saturated heterocycles. The lowest BCUT2D eigenvalue weighted by atomic mass is 9.99. The van der Waals surface area contributed by atoms with Crippen LogP contribution in [0.1, 0.15) is 16.7 Å². The molecule has 2 aliphatic rings. The number of alkyl halides is 1. The molecule has 9 heteroatoms. The van der Waals surface area contributed by atoms with Crippen LogP contribution >= 0.6 is 11.6 Å². The third kappa shape index (κ3) is 5.72. The van der Waals surface area contributed by atoms with Gasteiger partial charge in [0.2, 0.25) is 0 Å². The van der Waals surface area contributed by atoms with E-state index in [2.05, 4.69) is 32.0 Å². The predicted molar refractivity (Wildman–Crippen MR) is 150 cm³/mol. The van der Waals surface area contributed by atoms with E-state index in [9.17, 15) is 8.78 Å². The number of hydrogen-bond donors (Lipinski definition) is 1. The molecule has 0 amide bonds. The Morgan fingerprint density at radius 1 is 1.05 bits per heavy atom. The maximum absolute atomic E-state index is 14.7. The summed E-state index contributed by atoms with van der Waals surface area (Å²) in [6.07, 6.45) is 1.87. The molecular formula is C29H34ClF2N5O. The van der Waals surface area contributed by atoms with Gasteiger partial charge in [0.1, 0.15) is 30.7 Å². The van der Waals surface area contributed by atoms with Crippen LogP contribution in [-0.4, -0.2) is 74.3 Å². The van der Waals surface area contributed by atoms with E-state index >= 15 is 0 Å². The number of hydrogen-bond acceptors (Lipinski definition) is 6. The summed E-state index contributed by atoms with van der Waals surface area (Å²) < 4.78 is 34.1. The molecule has 0 saturated carbocycles. The minimum Gasteiger partial charge on any atom is -0.492 e. The number of aromatic nitrogens is 1. The number of pyridine rings is 1. The smallest absolute Gasteiger partial charge is 0.149 e. The zero-order valence-corrected chi connectivity index (χ0v) is 22.7. The molecule has 0 aliphatic carbocycles. The number of nitrogens with one attached hydrogen (secondary N) is 1. The fourth-order valence-corrected chi connectivity index (χ4v) is 5.42. The summed E-state index contributed by atoms with van der Waals surface area (Å²) in [5.74, 6) is 1.16. The van der Waals surface area contributed by atoms with Crippen LogP contribution in [0.15, 0.2) is 42.6 Å². The third-order valence-corrected chi connectivity index (χ3v) is 7.96. The summed E-state index contributed by atoms with van der Waals surface area (Å²) in [5, 5.41) is 3.50. The Hall–Kier alpha value is -2.94. The van der Waals surface area contributed by atoms with Crippen molar-refractivity contribution in [3.05, 3.63) is 70.1 Å². The van der Waals surface area contributed by atoms with E-state index in [-0.39, 0.29) is 11.6 Å². The van der Waals surface area contributed by atoms with E-state index in [1.807, 2.05) is 37.4 Å². The molecule has 6 nitrogen and oxygen atoms in total. The van der Waals surface area contributed by atoms with Gasteiger partial charge in [-0.1, -0.05) is 29.8 Å². The van der Waals surface area contributed by atoms with Crippen LogP contribution in [0.2, 0.25) is 5.02 Å². The monoisotopic (exact) mass is 541 g/mol. The van der Waals surface area contributed by atoms with Crippen LogP contribution in [0.4, 0.5) is 20.3 Å². The summed E-state index contributed by atoms with van der Waals surface area (Å²) in [4.78, 5) is 11.5. The zero-order valence-electron chi connectivity index (χ0n) is 21.9. The predicted octanol–water partition coefficient (Wildman–Crippen LogP) is 5.38. The van der Waals surface area contributed by atoms with Gasteiger partial charge in [-0.05, 0) is 43.3 Å². The number of ether oxygens (including phenoxy) is 1. The van der Waals surface area contributed by atoms with Gasteiger partial charge in [0.25, 0.3) is 0 Å². The SMILES string of the molecule is Cc1c(-c2ccc(OCCN3CCN(C)CC3)cc2)cnc2c1N(Cc1c(F)ccc(CF)c1Cl)CCN2. The quantitative estimate of drug-likeness (QED) is 0.413. The molecular weight excluding hydrogens is 508 g/mol. The van der Waals surface area contributed by atoms with E-state index < -0.39 is 12.5 Å². The largest absolute Gasteiger partial charge is 0.492 e. The number of likely N-dealkylation sites (N-methyl/N-ethyl adjacent to an activating group) is 1. The first-order valence-corrected chi connectivity index (χ1v) is 13.5. The van der Waals surface area contributed by atoms with Crippen molar-refractivity contribution in [1.82, 2.24) is 14.8 Å². The summed E-state index contributed by atoms with van der Waals surface area (Å²) in [5.41, 5.74) is 4.56. The van der Waals surface area contributed by atoms with Gasteiger partial charge in [0, 0.05) is 75.2 Å². The summed E-state index contributed by atoms with van der Waals surface area (Å²) in [6.45, 7) is 8.80. The topological polar surface area (TPSA) is 43.9 Å². The van der Waals surface area contributed by atoms with Crippen LogP contribution in [0, 0.1) is 12.7 Å². The number of benzene rings is 2. The highest BCUT2D eigenvalue weighted by atomic mass is 35.5. The first-order chi connectivity index (χ1) is 18.4. The molecule has 202 valence electrons. The first kappa shape index (κ1) is 26.7. The van der Waals surface area contributed by atoms with Crippen molar-refractivity contribution in [2.45, 2.75) is 20.1 Å². The third-order valence-electron chi connectivity index (χ3n) is 7.49. The molecule has 2 aromatic carbocycles. The molecule has 3 heterocycles. The standard InChI is InChI=1S/C29H34ClF2N5O/c1-20-24(21-3-6-23(7-4-21)38-16-15-36-13-11-35(2)12-14-36)18-34-29-28(20)37(10-9-33-29)19-25-26(32)8-5-22(17-31)27(25)30/h3-8,18H,9-17,19H2,1-2H3,(H,33,34). The van der Waals surface area contributed by atoms with Gasteiger partial charge in [-0.2, -0.15) is 0 Å². The van der Waals surface area contributed by atoms with Gasteiger partial charge in [-0.25, -0.2) is 13.8 Å². The van der Waals surface area contributed by atoms with Gasteiger partial charge in [0.15, 0.2) is 0 Å². The van der Waals surface area contributed by atoms with Gasteiger partial charge in [-0.3, -0.25) is 4.90 Å². The number of nitrogens with zero attached hydrogens (tertiary/aromatic N) is 4. The average molecular weight is 542 g/mol. The van der Waals surface area contributed by atoms with Crippen LogP contribution in [0.3, 0.4) is 0 Å². The summed E-state index contributed by atoms with van der Waals surface area (Å²) in [6, 6.07) is 10.8. The van der Waals surface area contributed by atoms with Crippen LogP contribution in [0.5, 0.6) is 5.75 Å². The van der Waals surface area contributed by atoms with Crippen LogP contribution in [0.25, 0.3) is 11.1 Å². The molecule has 1 aromatic heterocycles. The molecule has 5 rings (SSSR count). The highest BCUT2D eigenvalue weighted by molar-refractivity contribution is 6.32. The highest BCUT2D eigenvalue weighted by Gasteiger charge is 2.25. The highest BCUT2D eigenvalue weighted by Crippen LogP contribution is 2.39. The summed E-state index contributed by atoms with van der Waals surface area (Å²) >= 11 is 6.37. The second kappa shape index (κ2) is 11.8. The Kier molecular flexibility index (Phi) is 8.31. The lowest BCUT2D eigenvalue weighted by Gasteiger charge is -2.34. The second-order valence-corrected chi connectivity index (χ2v) is 10.4. The van der Waals surface area contributed by atoms with Gasteiger partial charge in [-0.15, -0.1) is 0 Å². The zero-order chi connectivity index (χ0) is 26.6. The lowest BCUT2D eigenvalue weighted by molar-refractivity contribution is 0.134. The maximum Gasteiger partial charge on any atom is 0.149 e. The fourth-order valence-electron chi connectivity index (χ4n) is 5.16. The van der Waals surface area contributed by atoms with E-state index in [1.54, 1.807) is 0 Å². The van der Waals surface area contributed by atoms with Crippen LogP contribution < -0.4 is 15.0 Å². The van der Waals surface area contributed by atoms with Gasteiger partial charge >= 0.3 is 0 Å². The Balaban J connectivity index is 1.31. The molecule has 38 heavy (non-hydrogen) atoms. The van der Waals surface area contributed by atoms with E-state index in [0.717, 1.165) is 66.7 Å². The van der Waals surface area contributed by atoms with Crippen LogP contribution in [-0.2, 0) is 13.2 Å². The minimum atomic E-state index is -0.732. The van der Waals surface area contributed by atoms with E-state index in [4.69, 9.17) is 16.3 Å². The Morgan fingerprint density at radius 2 is 1.82 bits per heavy atom. The normalized spacial score (nSPS) is 16.3. The van der Waals surface area contributed by atoms with E-state index in [0.29, 0.717) is 30.8 Å². The molecule has 1 N–H and O–H groups in total. The van der Waals surface area contributed by atoms with Crippen molar-refractivity contribution in [1.29, 1.82) is 0 Å². The maximum atomic E-state index is 14.7. The molecule has 2 aliphatic heterocycles. The number of rotatable bonds is 8. The number of halogens is 3. The van der Waals surface area contributed by atoms with E-state index in [1.165, 1.54) is 12.1 Å². The molecule has 0 unspecified atom stereocenters. The molecule has 0 bridgehead atoms. The molecule has 1 fully saturated rings. The number of anilines is 2. The second-order valence-electron chi connectivity index (χ2n) is 9.99. The van der Waals surface area contributed by atoms with Crippen molar-refractivity contribution in [2.24, 2.45) is 0 Å². The van der Waals surface area contributed by atoms with Crippen molar-refractivity contribution in [2.75, 3.05) is 69.7 Å². The molecule has 0 atom stereocenters. The number of piperazine rings is 1. The summed E-state index contributed by atoms with van der Waals surface area (Å²) in [7, 11) is 2.16. The molecule has 0 spiro atoms. The van der Waals surface area contributed by atoms with Gasteiger partial charge < -0.3 is 19.9 Å². The Labute approximate surface area is 228 Å². The fraction of sp³-hybridized carbons (Fsp3) is 0.414. The molecule has 3 aromatic rings. The van der Waals surface area contributed by atoms with Crippen molar-refractivity contribution < 1.29 is 13.5 Å². The van der Waals surface area contributed by atoms with Crippen molar-refractivity contribution >= 4 is 23.1 Å². The Morgan fingerprint density at radius 3 is 2.55 bits per heavy atom. The van der Waals surface area contributed by atoms with Gasteiger partial charge in [0.05, 0.1) is 10.7 Å². The molecule has 0 radical (unpaired) electrons. The minimum absolute atomic E-state index is 0.151. The lowest BCUT2D eigenvalue weighted by Crippen LogP contribution is -2.45. The Bertz CT molecular complexity index is 1260. The number of fused-ring (bicyclic) bond motifs is 1.